The average Bonchev–Trinajstić information content (AvgIpc) is 2.65. The van der Waals surface area contributed by atoms with Crippen LogP contribution < -0.4 is 10.6 Å². The van der Waals surface area contributed by atoms with Crippen molar-refractivity contribution in [1.29, 1.82) is 0 Å². The summed E-state index contributed by atoms with van der Waals surface area (Å²) in [5, 5.41) is 5.63. The fourth-order valence-corrected chi connectivity index (χ4v) is 3.49. The Labute approximate surface area is 158 Å². The molecule has 140 valence electrons. The average molecular weight is 365 g/mol. The SMILES string of the molecule is CC(=O)Nc1ccc(NC(=O)[C@@H]2CCC(=O)N(C)[C@@H]2c2ccccc2)cc1. The molecule has 3 amide bonds. The molecule has 1 aliphatic heterocycles. The fourth-order valence-electron chi connectivity index (χ4n) is 3.49. The van der Waals surface area contributed by atoms with Gasteiger partial charge < -0.3 is 15.5 Å². The number of hydrogen-bond acceptors (Lipinski definition) is 3. The molecule has 0 bridgehead atoms. The third kappa shape index (κ3) is 4.34. The van der Waals surface area contributed by atoms with Gasteiger partial charge in [-0.05, 0) is 36.2 Å². The Hall–Kier alpha value is -3.15. The number of amides is 3. The van der Waals surface area contributed by atoms with Crippen LogP contribution in [0.25, 0.3) is 0 Å². The summed E-state index contributed by atoms with van der Waals surface area (Å²) >= 11 is 0. The first kappa shape index (κ1) is 18.6. The molecule has 1 saturated heterocycles. The Kier molecular flexibility index (Phi) is 5.54. The van der Waals surface area contributed by atoms with Gasteiger partial charge in [-0.3, -0.25) is 14.4 Å². The summed E-state index contributed by atoms with van der Waals surface area (Å²) in [7, 11) is 1.75. The van der Waals surface area contributed by atoms with E-state index in [1.165, 1.54) is 6.92 Å². The molecule has 2 atom stereocenters. The van der Waals surface area contributed by atoms with Crippen LogP contribution in [-0.2, 0) is 14.4 Å². The Morgan fingerprint density at radius 3 is 2.15 bits per heavy atom. The van der Waals surface area contributed by atoms with Crippen LogP contribution in [0.1, 0.15) is 31.4 Å². The molecule has 0 unspecified atom stereocenters. The normalized spacial score (nSPS) is 19.5. The van der Waals surface area contributed by atoms with Gasteiger partial charge in [-0.1, -0.05) is 30.3 Å². The molecule has 1 fully saturated rings. The van der Waals surface area contributed by atoms with Crippen LogP contribution >= 0.6 is 0 Å². The predicted octanol–water partition coefficient (Wildman–Crippen LogP) is 3.19. The van der Waals surface area contributed by atoms with E-state index in [0.717, 1.165) is 5.56 Å². The van der Waals surface area contributed by atoms with E-state index in [9.17, 15) is 14.4 Å². The minimum absolute atomic E-state index is 0.0487. The fraction of sp³-hybridized carbons (Fsp3) is 0.286. The van der Waals surface area contributed by atoms with Crippen LogP contribution in [0.3, 0.4) is 0 Å². The largest absolute Gasteiger partial charge is 0.338 e. The second-order valence-corrected chi connectivity index (χ2v) is 6.75. The Morgan fingerprint density at radius 1 is 0.963 bits per heavy atom. The third-order valence-corrected chi connectivity index (χ3v) is 4.81. The highest BCUT2D eigenvalue weighted by Crippen LogP contribution is 2.36. The molecule has 0 spiro atoms. The van der Waals surface area contributed by atoms with E-state index < -0.39 is 0 Å². The number of carbonyl (C=O) groups excluding carboxylic acids is 3. The Balaban J connectivity index is 1.77. The molecule has 2 aromatic carbocycles. The van der Waals surface area contributed by atoms with Gasteiger partial charge in [0.25, 0.3) is 0 Å². The number of anilines is 2. The second-order valence-electron chi connectivity index (χ2n) is 6.75. The van der Waals surface area contributed by atoms with Crippen molar-refractivity contribution >= 4 is 29.1 Å². The summed E-state index contributed by atoms with van der Waals surface area (Å²) in [4.78, 5) is 37.9. The highest BCUT2D eigenvalue weighted by atomic mass is 16.2. The maximum Gasteiger partial charge on any atom is 0.229 e. The molecule has 0 aliphatic carbocycles. The van der Waals surface area contributed by atoms with E-state index in [4.69, 9.17) is 0 Å². The van der Waals surface area contributed by atoms with Gasteiger partial charge in [0.15, 0.2) is 0 Å². The van der Waals surface area contributed by atoms with Crippen molar-refractivity contribution in [3.63, 3.8) is 0 Å². The third-order valence-electron chi connectivity index (χ3n) is 4.81. The lowest BCUT2D eigenvalue weighted by molar-refractivity contribution is -0.140. The monoisotopic (exact) mass is 365 g/mol. The first-order valence-electron chi connectivity index (χ1n) is 8.95. The zero-order valence-corrected chi connectivity index (χ0v) is 15.4. The highest BCUT2D eigenvalue weighted by Gasteiger charge is 2.38. The second kappa shape index (κ2) is 8.03. The van der Waals surface area contributed by atoms with Crippen LogP contribution in [0.4, 0.5) is 11.4 Å². The molecule has 1 aliphatic rings. The van der Waals surface area contributed by atoms with Crippen molar-refractivity contribution in [1.82, 2.24) is 4.90 Å². The van der Waals surface area contributed by atoms with Crippen molar-refractivity contribution in [3.8, 4) is 0 Å². The standard InChI is InChI=1S/C21H23N3O3/c1-14(25)22-16-8-10-17(11-9-16)23-21(27)18-12-13-19(26)24(2)20(18)15-6-4-3-5-7-15/h3-11,18,20H,12-13H2,1-2H3,(H,22,25)(H,23,27)/t18-,20-/m1/s1. The highest BCUT2D eigenvalue weighted by molar-refractivity contribution is 5.95. The van der Waals surface area contributed by atoms with Gasteiger partial charge in [-0.2, -0.15) is 0 Å². The number of hydrogen-bond donors (Lipinski definition) is 2. The maximum atomic E-state index is 12.9. The molecule has 27 heavy (non-hydrogen) atoms. The van der Waals surface area contributed by atoms with E-state index >= 15 is 0 Å². The molecule has 1 heterocycles. The van der Waals surface area contributed by atoms with E-state index in [0.29, 0.717) is 24.2 Å². The van der Waals surface area contributed by atoms with Gasteiger partial charge in [-0.25, -0.2) is 0 Å². The van der Waals surface area contributed by atoms with Crippen molar-refractivity contribution in [2.45, 2.75) is 25.8 Å². The molecule has 2 aromatic rings. The maximum absolute atomic E-state index is 12.9. The van der Waals surface area contributed by atoms with Gasteiger partial charge >= 0.3 is 0 Å². The first-order chi connectivity index (χ1) is 13.0. The number of carbonyl (C=O) groups is 3. The molecule has 3 rings (SSSR count). The zero-order valence-electron chi connectivity index (χ0n) is 15.4. The number of likely N-dealkylation sites (tertiary alicyclic amines) is 1. The van der Waals surface area contributed by atoms with Gasteiger partial charge in [0.05, 0.1) is 12.0 Å². The quantitative estimate of drug-likeness (QED) is 0.873. The van der Waals surface area contributed by atoms with Crippen LogP contribution in [0.2, 0.25) is 0 Å². The van der Waals surface area contributed by atoms with E-state index in [1.807, 2.05) is 30.3 Å². The van der Waals surface area contributed by atoms with Gasteiger partial charge in [-0.15, -0.1) is 0 Å². The summed E-state index contributed by atoms with van der Waals surface area (Å²) in [5.41, 5.74) is 2.28. The summed E-state index contributed by atoms with van der Waals surface area (Å²) in [6.07, 6.45) is 0.873. The van der Waals surface area contributed by atoms with Crippen LogP contribution in [-0.4, -0.2) is 29.7 Å². The molecule has 0 radical (unpaired) electrons. The molecular weight excluding hydrogens is 342 g/mol. The van der Waals surface area contributed by atoms with E-state index in [1.54, 1.807) is 36.2 Å². The summed E-state index contributed by atoms with van der Waals surface area (Å²) in [6, 6.07) is 16.3. The summed E-state index contributed by atoms with van der Waals surface area (Å²) < 4.78 is 0. The van der Waals surface area contributed by atoms with Crippen LogP contribution in [0, 0.1) is 5.92 Å². The molecule has 6 nitrogen and oxygen atoms in total. The van der Waals surface area contributed by atoms with Crippen molar-refractivity contribution in [3.05, 3.63) is 60.2 Å². The Bertz CT molecular complexity index is 834. The van der Waals surface area contributed by atoms with E-state index in [-0.39, 0.29) is 29.7 Å². The van der Waals surface area contributed by atoms with Crippen molar-refractivity contribution in [2.75, 3.05) is 17.7 Å². The predicted molar refractivity (Wildman–Crippen MR) is 104 cm³/mol. The Morgan fingerprint density at radius 2 is 1.56 bits per heavy atom. The number of nitrogens with zero attached hydrogens (tertiary/aromatic N) is 1. The zero-order chi connectivity index (χ0) is 19.4. The van der Waals surface area contributed by atoms with Gasteiger partial charge in [0, 0.05) is 31.8 Å². The van der Waals surface area contributed by atoms with Crippen molar-refractivity contribution < 1.29 is 14.4 Å². The smallest absolute Gasteiger partial charge is 0.229 e. The van der Waals surface area contributed by atoms with Crippen LogP contribution in [0.5, 0.6) is 0 Å². The lowest BCUT2D eigenvalue weighted by Crippen LogP contribution is -2.44. The lowest BCUT2D eigenvalue weighted by atomic mass is 9.84. The van der Waals surface area contributed by atoms with Gasteiger partial charge in [0.1, 0.15) is 0 Å². The summed E-state index contributed by atoms with van der Waals surface area (Å²) in [6.45, 7) is 1.44. The van der Waals surface area contributed by atoms with E-state index in [2.05, 4.69) is 10.6 Å². The number of rotatable bonds is 4. The molecule has 0 saturated carbocycles. The summed E-state index contributed by atoms with van der Waals surface area (Å²) in [5.74, 6) is -0.541. The molecular formula is C21H23N3O3. The topological polar surface area (TPSA) is 78.5 Å². The minimum atomic E-state index is -0.329. The van der Waals surface area contributed by atoms with Crippen LogP contribution in [0.15, 0.2) is 54.6 Å². The van der Waals surface area contributed by atoms with Crippen molar-refractivity contribution in [2.24, 2.45) is 5.92 Å². The molecule has 2 N–H and O–H groups in total. The number of nitrogens with one attached hydrogen (secondary N) is 2. The number of benzene rings is 2. The first-order valence-corrected chi connectivity index (χ1v) is 8.95. The molecule has 0 aromatic heterocycles. The number of piperidine rings is 1. The minimum Gasteiger partial charge on any atom is -0.338 e. The molecule has 6 heteroatoms. The lowest BCUT2D eigenvalue weighted by Gasteiger charge is -2.38. The van der Waals surface area contributed by atoms with Gasteiger partial charge in [0.2, 0.25) is 17.7 Å².